The van der Waals surface area contributed by atoms with Gasteiger partial charge in [-0.2, -0.15) is 0 Å². The summed E-state index contributed by atoms with van der Waals surface area (Å²) in [4.78, 5) is 21.4. The van der Waals surface area contributed by atoms with Gasteiger partial charge in [0.15, 0.2) is 0 Å². The highest BCUT2D eigenvalue weighted by Crippen LogP contribution is 2.48. The number of alkyl halides is 1. The van der Waals surface area contributed by atoms with E-state index >= 15 is 4.39 Å². The highest BCUT2D eigenvalue weighted by atomic mass is 35.5. The third-order valence-corrected chi connectivity index (χ3v) is 8.03. The average molecular weight is 606 g/mol. The predicted molar refractivity (Wildman–Crippen MR) is 157 cm³/mol. The number of carbonyl (C=O) groups excluding carboxylic acids is 1. The van der Waals surface area contributed by atoms with Gasteiger partial charge in [-0.25, -0.2) is 23.5 Å². The van der Waals surface area contributed by atoms with Crippen LogP contribution in [-0.4, -0.2) is 34.3 Å². The lowest BCUT2D eigenvalue weighted by Crippen LogP contribution is -2.16. The van der Waals surface area contributed by atoms with Crippen LogP contribution in [0.15, 0.2) is 72.8 Å². The van der Waals surface area contributed by atoms with Gasteiger partial charge in [0.2, 0.25) is 5.88 Å². The van der Waals surface area contributed by atoms with E-state index < -0.39 is 29.7 Å². The zero-order valence-corrected chi connectivity index (χ0v) is 24.0. The first-order chi connectivity index (χ1) is 20.8. The number of fused-ring (bicyclic) bond motifs is 1. The van der Waals surface area contributed by atoms with Crippen molar-refractivity contribution in [2.75, 3.05) is 13.8 Å². The van der Waals surface area contributed by atoms with E-state index in [-0.39, 0.29) is 18.9 Å². The SMILES string of the molecule is COC(=O)c1ccc2nc(Cc3ccc(-c4cccc(OCc5ccc(Cl)cc5F)n4)cc3F)n(CC3(CF)CC3)c2c1. The Labute approximate surface area is 251 Å². The van der Waals surface area contributed by atoms with Crippen molar-refractivity contribution < 1.29 is 27.4 Å². The van der Waals surface area contributed by atoms with Crippen LogP contribution >= 0.6 is 11.6 Å². The molecule has 1 aliphatic rings. The molecule has 2 aromatic heterocycles. The Morgan fingerprint density at radius 2 is 1.77 bits per heavy atom. The van der Waals surface area contributed by atoms with Crippen molar-refractivity contribution in [1.29, 1.82) is 0 Å². The van der Waals surface area contributed by atoms with Crippen LogP contribution in [0.5, 0.6) is 5.88 Å². The van der Waals surface area contributed by atoms with Crippen LogP contribution in [0.1, 0.15) is 40.2 Å². The summed E-state index contributed by atoms with van der Waals surface area (Å²) >= 11 is 5.82. The van der Waals surface area contributed by atoms with Gasteiger partial charge in [0.1, 0.15) is 24.1 Å². The second kappa shape index (κ2) is 11.7. The Kier molecular flexibility index (Phi) is 7.83. The van der Waals surface area contributed by atoms with E-state index in [1.165, 1.54) is 19.2 Å². The molecule has 2 heterocycles. The highest BCUT2D eigenvalue weighted by Gasteiger charge is 2.43. The maximum atomic E-state index is 15.5. The number of methoxy groups -OCH3 is 1. The number of imidazole rings is 1. The number of ether oxygens (including phenoxy) is 2. The van der Waals surface area contributed by atoms with Crippen LogP contribution in [0.3, 0.4) is 0 Å². The molecule has 0 bridgehead atoms. The van der Waals surface area contributed by atoms with Crippen LogP contribution < -0.4 is 4.74 Å². The van der Waals surface area contributed by atoms with E-state index in [0.29, 0.717) is 56.4 Å². The first-order valence-corrected chi connectivity index (χ1v) is 14.1. The minimum atomic E-state index is -0.482. The summed E-state index contributed by atoms with van der Waals surface area (Å²) in [5.74, 6) is -0.570. The summed E-state index contributed by atoms with van der Waals surface area (Å²) in [7, 11) is 1.31. The van der Waals surface area contributed by atoms with Crippen molar-refractivity contribution >= 4 is 28.6 Å². The van der Waals surface area contributed by atoms with Crippen LogP contribution in [-0.2, 0) is 24.3 Å². The number of benzene rings is 3. The lowest BCUT2D eigenvalue weighted by atomic mass is 10.0. The molecule has 0 radical (unpaired) electrons. The van der Waals surface area contributed by atoms with E-state index in [2.05, 4.69) is 4.98 Å². The second-order valence-electron chi connectivity index (χ2n) is 10.8. The van der Waals surface area contributed by atoms with Crippen molar-refractivity contribution in [2.24, 2.45) is 5.41 Å². The minimum Gasteiger partial charge on any atom is -0.473 e. The Bertz CT molecular complexity index is 1840. The van der Waals surface area contributed by atoms with Crippen molar-refractivity contribution in [2.45, 2.75) is 32.4 Å². The first kappa shape index (κ1) is 28.7. The maximum Gasteiger partial charge on any atom is 0.337 e. The Hall–Kier alpha value is -4.37. The van der Waals surface area contributed by atoms with E-state index in [0.717, 1.165) is 12.8 Å². The summed E-state index contributed by atoms with van der Waals surface area (Å²) < 4.78 is 56.0. The number of hydrogen-bond acceptors (Lipinski definition) is 5. The molecule has 1 saturated carbocycles. The number of aromatic nitrogens is 3. The van der Waals surface area contributed by atoms with Crippen molar-refractivity contribution in [1.82, 2.24) is 14.5 Å². The fourth-order valence-electron chi connectivity index (χ4n) is 5.04. The molecular weight excluding hydrogens is 579 g/mol. The number of esters is 1. The molecule has 1 fully saturated rings. The van der Waals surface area contributed by atoms with E-state index in [1.807, 2.05) is 4.57 Å². The number of hydrogen-bond donors (Lipinski definition) is 0. The van der Waals surface area contributed by atoms with Crippen LogP contribution in [0, 0.1) is 17.0 Å². The highest BCUT2D eigenvalue weighted by molar-refractivity contribution is 6.30. The summed E-state index contributed by atoms with van der Waals surface area (Å²) in [6.45, 7) is -0.120. The van der Waals surface area contributed by atoms with Crippen molar-refractivity contribution in [3.05, 3.63) is 112 Å². The van der Waals surface area contributed by atoms with E-state index in [1.54, 1.807) is 60.7 Å². The normalized spacial score (nSPS) is 13.7. The van der Waals surface area contributed by atoms with Crippen LogP contribution in [0.4, 0.5) is 13.2 Å². The molecule has 1 aliphatic carbocycles. The molecule has 0 spiro atoms. The van der Waals surface area contributed by atoms with Gasteiger partial charge >= 0.3 is 5.97 Å². The summed E-state index contributed by atoms with van der Waals surface area (Å²) in [6, 6.07) is 19.3. The van der Waals surface area contributed by atoms with Crippen LogP contribution in [0.2, 0.25) is 5.02 Å². The molecule has 43 heavy (non-hydrogen) atoms. The largest absolute Gasteiger partial charge is 0.473 e. The molecule has 0 unspecified atom stereocenters. The monoisotopic (exact) mass is 605 g/mol. The standard InChI is InChI=1S/C33H27ClF3N3O3/c1-42-32(41)22-8-10-28-29(14-22)40(19-33(18-35)11-12-33)30(38-28)15-20-5-6-21(13-25(20)36)27-3-2-4-31(39-27)43-17-23-7-9-24(34)16-26(23)37/h2-10,13-14,16H,11-12,15,17-19H2,1H3. The molecule has 0 atom stereocenters. The van der Waals surface area contributed by atoms with Gasteiger partial charge in [0, 0.05) is 40.6 Å². The Morgan fingerprint density at radius 1 is 0.977 bits per heavy atom. The molecule has 0 amide bonds. The fourth-order valence-corrected chi connectivity index (χ4v) is 5.20. The van der Waals surface area contributed by atoms with Gasteiger partial charge in [-0.1, -0.05) is 35.9 Å². The number of pyridine rings is 1. The van der Waals surface area contributed by atoms with Gasteiger partial charge in [0.25, 0.3) is 0 Å². The molecule has 6 rings (SSSR count). The topological polar surface area (TPSA) is 66.2 Å². The predicted octanol–water partition coefficient (Wildman–Crippen LogP) is 7.74. The summed E-state index contributed by atoms with van der Waals surface area (Å²) in [6.07, 6.45) is 1.68. The molecule has 0 N–H and O–H groups in total. The lowest BCUT2D eigenvalue weighted by molar-refractivity contribution is 0.0601. The smallest absolute Gasteiger partial charge is 0.337 e. The number of nitrogens with zero attached hydrogens (tertiary/aromatic N) is 3. The van der Waals surface area contributed by atoms with Gasteiger partial charge in [-0.05, 0) is 60.9 Å². The third kappa shape index (κ3) is 6.08. The van der Waals surface area contributed by atoms with E-state index in [9.17, 15) is 13.6 Å². The summed E-state index contributed by atoms with van der Waals surface area (Å²) in [5, 5.41) is 0.295. The molecule has 3 aromatic carbocycles. The van der Waals surface area contributed by atoms with Crippen molar-refractivity contribution in [3.63, 3.8) is 0 Å². The van der Waals surface area contributed by atoms with E-state index in [4.69, 9.17) is 26.1 Å². The molecule has 6 nitrogen and oxygen atoms in total. The maximum absolute atomic E-state index is 15.5. The molecule has 5 aromatic rings. The molecule has 10 heteroatoms. The first-order valence-electron chi connectivity index (χ1n) is 13.7. The second-order valence-corrected chi connectivity index (χ2v) is 11.2. The number of rotatable bonds is 10. The quantitative estimate of drug-likeness (QED) is 0.152. The van der Waals surface area contributed by atoms with Gasteiger partial charge in [0.05, 0.1) is 36.1 Å². The minimum absolute atomic E-state index is 0.0431. The Morgan fingerprint density at radius 3 is 2.49 bits per heavy atom. The van der Waals surface area contributed by atoms with Gasteiger partial charge in [-0.3, -0.25) is 4.39 Å². The Balaban J connectivity index is 1.25. The molecule has 0 aliphatic heterocycles. The molecule has 0 saturated heterocycles. The third-order valence-electron chi connectivity index (χ3n) is 7.79. The van der Waals surface area contributed by atoms with Gasteiger partial charge < -0.3 is 14.0 Å². The fraction of sp³-hybridized carbons (Fsp3) is 0.242. The zero-order valence-electron chi connectivity index (χ0n) is 23.2. The zero-order chi connectivity index (χ0) is 30.1. The van der Waals surface area contributed by atoms with Gasteiger partial charge in [-0.15, -0.1) is 0 Å². The molecule has 220 valence electrons. The van der Waals surface area contributed by atoms with Crippen molar-refractivity contribution in [3.8, 4) is 17.1 Å². The number of halogens is 4. The molecular formula is C33H27ClF3N3O3. The lowest BCUT2D eigenvalue weighted by Gasteiger charge is -2.16. The average Bonchev–Trinajstić information content (AvgIpc) is 3.72. The summed E-state index contributed by atoms with van der Waals surface area (Å²) in [5.41, 5.74) is 2.96. The van der Waals surface area contributed by atoms with Crippen LogP contribution in [0.25, 0.3) is 22.3 Å². The number of carbonyl (C=O) groups is 1.